The van der Waals surface area contributed by atoms with Crippen LogP contribution in [0.25, 0.3) is 11.0 Å². The van der Waals surface area contributed by atoms with E-state index in [2.05, 4.69) is 27.4 Å². The van der Waals surface area contributed by atoms with E-state index in [1.807, 2.05) is 31.2 Å². The summed E-state index contributed by atoms with van der Waals surface area (Å²) in [4.78, 5) is 23.3. The number of hydrogen-bond acceptors (Lipinski definition) is 5. The Balaban J connectivity index is 1.49. The van der Waals surface area contributed by atoms with Gasteiger partial charge in [-0.2, -0.15) is 0 Å². The fourth-order valence-electron chi connectivity index (χ4n) is 4.01. The third-order valence-corrected chi connectivity index (χ3v) is 5.67. The molecule has 2 aromatic carbocycles. The van der Waals surface area contributed by atoms with Crippen molar-refractivity contribution < 1.29 is 4.79 Å². The van der Waals surface area contributed by atoms with E-state index in [0.717, 1.165) is 42.2 Å². The van der Waals surface area contributed by atoms with Crippen LogP contribution in [0.1, 0.15) is 48.4 Å². The Kier molecular flexibility index (Phi) is 5.81. The topological polar surface area (TPSA) is 96.9 Å². The molecule has 0 spiro atoms. The van der Waals surface area contributed by atoms with Gasteiger partial charge in [0, 0.05) is 41.3 Å². The maximum atomic E-state index is 12.7. The third-order valence-electron chi connectivity index (χ3n) is 5.67. The predicted octanol–water partition coefficient (Wildman–Crippen LogP) is 4.23. The van der Waals surface area contributed by atoms with Crippen LogP contribution in [0.3, 0.4) is 0 Å². The van der Waals surface area contributed by atoms with Crippen LogP contribution in [0.15, 0.2) is 36.4 Å². The van der Waals surface area contributed by atoms with Gasteiger partial charge in [-0.25, -0.2) is 4.98 Å². The van der Waals surface area contributed by atoms with E-state index >= 15 is 0 Å². The second-order valence-electron chi connectivity index (χ2n) is 7.81. The largest absolute Gasteiger partial charge is 0.385 e. The lowest BCUT2D eigenvalue weighted by Gasteiger charge is -2.19. The van der Waals surface area contributed by atoms with E-state index in [9.17, 15) is 4.79 Å². The Bertz CT molecular complexity index is 1070. The first kappa shape index (κ1) is 20.1. The second kappa shape index (κ2) is 8.67. The van der Waals surface area contributed by atoms with Crippen molar-refractivity contribution in [3.05, 3.63) is 53.3 Å². The highest BCUT2D eigenvalue weighted by Gasteiger charge is 2.21. The predicted molar refractivity (Wildman–Crippen MR) is 122 cm³/mol. The number of fused-ring (bicyclic) bond motifs is 1. The number of hydrogen-bond donors (Lipinski definition) is 4. The minimum absolute atomic E-state index is 0.203. The zero-order chi connectivity index (χ0) is 21.1. The maximum absolute atomic E-state index is 12.7. The normalized spacial score (nSPS) is 16.7. The molecular weight excluding hydrogens is 376 g/mol. The lowest BCUT2D eigenvalue weighted by molar-refractivity contribution is 0.102. The number of aromatic nitrogens is 2. The standard InChI is InChI=1S/C23H28N6O/c1-3-25-19-8-6-16(11-17(19)13-24)23(30)26-18-7-9-20-21(12-18)28-22(27-20)14-29-10-4-5-15(29)2/h6-9,11-13,15,24-25H,3-5,10,14H2,1-2H3,(H,26,30)(H,27,28)/t15-/m0/s1. The zero-order valence-electron chi connectivity index (χ0n) is 17.5. The molecular formula is C23H28N6O. The van der Waals surface area contributed by atoms with Gasteiger partial charge in [0.1, 0.15) is 5.82 Å². The summed E-state index contributed by atoms with van der Waals surface area (Å²) >= 11 is 0. The number of nitrogens with one attached hydrogen (secondary N) is 4. The Labute approximate surface area is 176 Å². The maximum Gasteiger partial charge on any atom is 0.255 e. The van der Waals surface area contributed by atoms with Crippen LogP contribution < -0.4 is 10.6 Å². The monoisotopic (exact) mass is 404 g/mol. The molecule has 4 N–H and O–H groups in total. The number of anilines is 2. The summed E-state index contributed by atoms with van der Waals surface area (Å²) in [6, 6.07) is 11.6. The van der Waals surface area contributed by atoms with Crippen molar-refractivity contribution in [3.63, 3.8) is 0 Å². The van der Waals surface area contributed by atoms with Gasteiger partial charge >= 0.3 is 0 Å². The number of amides is 1. The number of nitrogens with zero attached hydrogens (tertiary/aromatic N) is 2. The molecule has 0 bridgehead atoms. The van der Waals surface area contributed by atoms with Gasteiger partial charge in [0.05, 0.1) is 17.6 Å². The van der Waals surface area contributed by atoms with Gasteiger partial charge < -0.3 is 21.0 Å². The van der Waals surface area contributed by atoms with E-state index in [1.54, 1.807) is 12.1 Å². The van der Waals surface area contributed by atoms with Gasteiger partial charge in [0.2, 0.25) is 0 Å². The molecule has 7 heteroatoms. The second-order valence-corrected chi connectivity index (χ2v) is 7.81. The summed E-state index contributed by atoms with van der Waals surface area (Å²) in [6.45, 7) is 6.95. The van der Waals surface area contributed by atoms with Crippen molar-refractivity contribution in [2.45, 2.75) is 39.3 Å². The van der Waals surface area contributed by atoms with Crippen molar-refractivity contribution in [2.75, 3.05) is 23.7 Å². The Morgan fingerprint density at radius 1 is 1.33 bits per heavy atom. The number of carbonyl (C=O) groups excluding carboxylic acids is 1. The molecule has 1 aliphatic rings. The first-order valence-electron chi connectivity index (χ1n) is 10.5. The average Bonchev–Trinajstić information content (AvgIpc) is 3.33. The quantitative estimate of drug-likeness (QED) is 0.443. The first-order chi connectivity index (χ1) is 14.6. The number of carbonyl (C=O) groups is 1. The number of benzene rings is 2. The fraction of sp³-hybridized carbons (Fsp3) is 0.348. The van der Waals surface area contributed by atoms with Crippen LogP contribution in [0.2, 0.25) is 0 Å². The van der Waals surface area contributed by atoms with Crippen molar-refractivity contribution in [2.24, 2.45) is 0 Å². The fourth-order valence-corrected chi connectivity index (χ4v) is 4.01. The van der Waals surface area contributed by atoms with Crippen molar-refractivity contribution in [1.82, 2.24) is 14.9 Å². The smallest absolute Gasteiger partial charge is 0.255 e. The molecule has 156 valence electrons. The highest BCUT2D eigenvalue weighted by atomic mass is 16.1. The minimum Gasteiger partial charge on any atom is -0.385 e. The number of imidazole rings is 1. The van der Waals surface area contributed by atoms with Crippen molar-refractivity contribution >= 4 is 34.5 Å². The van der Waals surface area contributed by atoms with Crippen LogP contribution in [-0.2, 0) is 6.54 Å². The van der Waals surface area contributed by atoms with Gasteiger partial charge in [-0.3, -0.25) is 9.69 Å². The van der Waals surface area contributed by atoms with Gasteiger partial charge in [0.25, 0.3) is 5.91 Å². The van der Waals surface area contributed by atoms with Gasteiger partial charge in [-0.1, -0.05) is 0 Å². The summed E-state index contributed by atoms with van der Waals surface area (Å²) in [5.41, 5.74) is 4.58. The molecule has 0 aliphatic carbocycles. The van der Waals surface area contributed by atoms with Crippen LogP contribution in [-0.4, -0.2) is 46.1 Å². The van der Waals surface area contributed by atoms with Crippen LogP contribution in [0.5, 0.6) is 0 Å². The molecule has 0 unspecified atom stereocenters. The molecule has 0 radical (unpaired) electrons. The molecule has 1 atom stereocenters. The molecule has 1 fully saturated rings. The molecule has 30 heavy (non-hydrogen) atoms. The molecule has 3 aromatic rings. The SMILES string of the molecule is CCNc1ccc(C(=O)Nc2ccc3nc(CN4CCC[C@@H]4C)[nH]c3c2)cc1C=N. The molecule has 1 saturated heterocycles. The molecule has 7 nitrogen and oxygen atoms in total. The van der Waals surface area contributed by atoms with Gasteiger partial charge in [-0.05, 0) is 69.6 Å². The van der Waals surface area contributed by atoms with Crippen molar-refractivity contribution in [3.8, 4) is 0 Å². The summed E-state index contributed by atoms with van der Waals surface area (Å²) < 4.78 is 0. The van der Waals surface area contributed by atoms with E-state index < -0.39 is 0 Å². The molecule has 1 aliphatic heterocycles. The Hall–Kier alpha value is -3.19. The number of rotatable bonds is 7. The lowest BCUT2D eigenvalue weighted by Crippen LogP contribution is -2.26. The van der Waals surface area contributed by atoms with Gasteiger partial charge in [-0.15, -0.1) is 0 Å². The summed E-state index contributed by atoms with van der Waals surface area (Å²) in [5.74, 6) is 0.753. The van der Waals surface area contributed by atoms with E-state index in [0.29, 0.717) is 22.9 Å². The molecule has 1 amide bonds. The van der Waals surface area contributed by atoms with Crippen molar-refractivity contribution in [1.29, 1.82) is 5.41 Å². The Morgan fingerprint density at radius 3 is 2.93 bits per heavy atom. The van der Waals surface area contributed by atoms with E-state index in [-0.39, 0.29) is 5.91 Å². The van der Waals surface area contributed by atoms with Crippen LogP contribution >= 0.6 is 0 Å². The lowest BCUT2D eigenvalue weighted by atomic mass is 10.1. The minimum atomic E-state index is -0.203. The molecule has 2 heterocycles. The highest BCUT2D eigenvalue weighted by molar-refractivity contribution is 6.06. The third kappa shape index (κ3) is 4.21. The number of likely N-dealkylation sites (tertiary alicyclic amines) is 1. The summed E-state index contributed by atoms with van der Waals surface area (Å²) in [5, 5.41) is 13.7. The van der Waals surface area contributed by atoms with Crippen LogP contribution in [0.4, 0.5) is 11.4 Å². The average molecular weight is 405 g/mol. The molecule has 0 saturated carbocycles. The van der Waals surface area contributed by atoms with Crippen LogP contribution in [0, 0.1) is 5.41 Å². The number of aromatic amines is 1. The molecule has 1 aromatic heterocycles. The van der Waals surface area contributed by atoms with E-state index in [4.69, 9.17) is 10.4 Å². The van der Waals surface area contributed by atoms with E-state index in [1.165, 1.54) is 19.1 Å². The number of H-pyrrole nitrogens is 1. The first-order valence-corrected chi connectivity index (χ1v) is 10.5. The zero-order valence-corrected chi connectivity index (χ0v) is 17.5. The highest BCUT2D eigenvalue weighted by Crippen LogP contribution is 2.22. The summed E-state index contributed by atoms with van der Waals surface area (Å²) in [7, 11) is 0. The molecule has 4 rings (SSSR count). The van der Waals surface area contributed by atoms with Gasteiger partial charge in [0.15, 0.2) is 0 Å². The summed E-state index contributed by atoms with van der Waals surface area (Å²) in [6.07, 6.45) is 3.74. The Morgan fingerprint density at radius 2 is 2.20 bits per heavy atom.